The van der Waals surface area contributed by atoms with Crippen LogP contribution in [0.25, 0.3) is 0 Å². The van der Waals surface area contributed by atoms with Gasteiger partial charge in [-0.05, 0) is 25.0 Å². The van der Waals surface area contributed by atoms with Crippen molar-refractivity contribution in [2.45, 2.75) is 47.8 Å². The largest absolute Gasteiger partial charge is 0.461 e. The standard InChI is InChI=1S/C16H20O6/c1-9-6-10(2)15(8-21-12(4)18)16(22-13(5)19)14(9)7-20-11(3)17/h6H,7-8H2,1-5H3. The summed E-state index contributed by atoms with van der Waals surface area (Å²) in [4.78, 5) is 33.4. The lowest BCUT2D eigenvalue weighted by molar-refractivity contribution is -0.142. The van der Waals surface area contributed by atoms with Gasteiger partial charge in [0.25, 0.3) is 0 Å². The first-order valence-electron chi connectivity index (χ1n) is 6.79. The third kappa shape index (κ3) is 4.87. The fourth-order valence-electron chi connectivity index (χ4n) is 2.01. The van der Waals surface area contributed by atoms with Crippen molar-refractivity contribution in [1.82, 2.24) is 0 Å². The molecule has 0 fully saturated rings. The van der Waals surface area contributed by atoms with Crippen molar-refractivity contribution >= 4 is 17.9 Å². The maximum Gasteiger partial charge on any atom is 0.308 e. The van der Waals surface area contributed by atoms with Gasteiger partial charge in [-0.1, -0.05) is 6.07 Å². The Hall–Kier alpha value is -2.37. The Labute approximate surface area is 129 Å². The van der Waals surface area contributed by atoms with Gasteiger partial charge in [-0.2, -0.15) is 0 Å². The van der Waals surface area contributed by atoms with Gasteiger partial charge in [0.2, 0.25) is 0 Å². The van der Waals surface area contributed by atoms with E-state index >= 15 is 0 Å². The lowest BCUT2D eigenvalue weighted by Gasteiger charge is -2.18. The van der Waals surface area contributed by atoms with Crippen molar-refractivity contribution < 1.29 is 28.6 Å². The third-order valence-electron chi connectivity index (χ3n) is 3.02. The molecule has 0 aliphatic carbocycles. The number of carbonyl (C=O) groups is 3. The molecule has 0 aromatic heterocycles. The molecule has 0 bridgehead atoms. The molecule has 0 saturated carbocycles. The van der Waals surface area contributed by atoms with Crippen LogP contribution in [-0.4, -0.2) is 17.9 Å². The molecule has 120 valence electrons. The highest BCUT2D eigenvalue weighted by Crippen LogP contribution is 2.32. The van der Waals surface area contributed by atoms with Crippen LogP contribution in [0.3, 0.4) is 0 Å². The van der Waals surface area contributed by atoms with Crippen LogP contribution in [0.1, 0.15) is 43.0 Å². The molecule has 0 spiro atoms. The Morgan fingerprint density at radius 1 is 0.818 bits per heavy atom. The number of ether oxygens (including phenoxy) is 3. The summed E-state index contributed by atoms with van der Waals surface area (Å²) >= 11 is 0. The van der Waals surface area contributed by atoms with Crippen molar-refractivity contribution in [3.05, 3.63) is 28.3 Å². The summed E-state index contributed by atoms with van der Waals surface area (Å²) in [5.41, 5.74) is 2.81. The number of aryl methyl sites for hydroxylation is 2. The normalized spacial score (nSPS) is 10.0. The van der Waals surface area contributed by atoms with E-state index in [1.54, 1.807) is 0 Å². The first-order valence-corrected chi connectivity index (χ1v) is 6.79. The van der Waals surface area contributed by atoms with Gasteiger partial charge in [-0.3, -0.25) is 14.4 Å². The molecule has 6 nitrogen and oxygen atoms in total. The molecule has 0 radical (unpaired) electrons. The molecule has 0 aliphatic heterocycles. The van der Waals surface area contributed by atoms with Crippen LogP contribution in [0.5, 0.6) is 5.75 Å². The predicted octanol–water partition coefficient (Wildman–Crippen LogP) is 2.35. The number of hydrogen-bond acceptors (Lipinski definition) is 6. The Morgan fingerprint density at radius 2 is 1.23 bits per heavy atom. The van der Waals surface area contributed by atoms with E-state index in [2.05, 4.69) is 0 Å². The fourth-order valence-corrected chi connectivity index (χ4v) is 2.01. The molecular formula is C16H20O6. The molecule has 0 amide bonds. The molecule has 1 aromatic carbocycles. The van der Waals surface area contributed by atoms with Gasteiger partial charge in [0.15, 0.2) is 0 Å². The molecule has 0 heterocycles. The second kappa shape index (κ2) is 7.59. The topological polar surface area (TPSA) is 78.9 Å². The summed E-state index contributed by atoms with van der Waals surface area (Å²) < 4.78 is 15.3. The second-order valence-corrected chi connectivity index (χ2v) is 4.95. The number of hydrogen-bond donors (Lipinski definition) is 0. The van der Waals surface area contributed by atoms with Crippen molar-refractivity contribution in [3.63, 3.8) is 0 Å². The van der Waals surface area contributed by atoms with Crippen molar-refractivity contribution in [2.24, 2.45) is 0 Å². The highest BCUT2D eigenvalue weighted by atomic mass is 16.6. The van der Waals surface area contributed by atoms with Gasteiger partial charge in [-0.15, -0.1) is 0 Å². The molecule has 0 atom stereocenters. The number of carbonyl (C=O) groups excluding carboxylic acids is 3. The highest BCUT2D eigenvalue weighted by Gasteiger charge is 2.19. The van der Waals surface area contributed by atoms with Gasteiger partial charge in [-0.25, -0.2) is 0 Å². The minimum Gasteiger partial charge on any atom is -0.461 e. The monoisotopic (exact) mass is 308 g/mol. The zero-order chi connectivity index (χ0) is 16.9. The van der Waals surface area contributed by atoms with Gasteiger partial charge in [0.05, 0.1) is 0 Å². The fraction of sp³-hybridized carbons (Fsp3) is 0.438. The Kier molecular flexibility index (Phi) is 6.10. The van der Waals surface area contributed by atoms with Crippen LogP contribution in [0, 0.1) is 13.8 Å². The predicted molar refractivity (Wildman–Crippen MR) is 78.2 cm³/mol. The Morgan fingerprint density at radius 3 is 1.55 bits per heavy atom. The lowest BCUT2D eigenvalue weighted by atomic mass is 9.98. The lowest BCUT2D eigenvalue weighted by Crippen LogP contribution is -2.12. The van der Waals surface area contributed by atoms with E-state index in [1.807, 2.05) is 19.9 Å². The Bertz CT molecular complexity index is 561. The highest BCUT2D eigenvalue weighted by molar-refractivity contribution is 5.72. The second-order valence-electron chi connectivity index (χ2n) is 4.95. The molecule has 0 aliphatic rings. The van der Waals surface area contributed by atoms with E-state index in [0.717, 1.165) is 11.1 Å². The van der Waals surface area contributed by atoms with Crippen LogP contribution in [-0.2, 0) is 37.1 Å². The first-order chi connectivity index (χ1) is 10.2. The smallest absolute Gasteiger partial charge is 0.308 e. The van der Waals surface area contributed by atoms with Gasteiger partial charge < -0.3 is 14.2 Å². The summed E-state index contributed by atoms with van der Waals surface area (Å²) in [7, 11) is 0. The molecule has 1 aromatic rings. The van der Waals surface area contributed by atoms with Crippen LogP contribution < -0.4 is 4.74 Å². The van der Waals surface area contributed by atoms with Crippen molar-refractivity contribution in [2.75, 3.05) is 0 Å². The van der Waals surface area contributed by atoms with Crippen LogP contribution >= 0.6 is 0 Å². The Balaban J connectivity index is 3.32. The van der Waals surface area contributed by atoms with E-state index in [0.29, 0.717) is 11.1 Å². The number of rotatable bonds is 5. The SMILES string of the molecule is CC(=O)OCc1c(C)cc(C)c(COC(C)=O)c1OC(C)=O. The molecule has 1 rings (SSSR count). The quantitative estimate of drug-likeness (QED) is 0.613. The van der Waals surface area contributed by atoms with E-state index in [-0.39, 0.29) is 19.0 Å². The summed E-state index contributed by atoms with van der Waals surface area (Å²) in [5, 5.41) is 0. The molecule has 0 N–H and O–H groups in total. The average molecular weight is 308 g/mol. The van der Waals surface area contributed by atoms with Crippen LogP contribution in [0.4, 0.5) is 0 Å². The summed E-state index contributed by atoms with van der Waals surface area (Å²) in [6.45, 7) is 7.50. The minimum absolute atomic E-state index is 0.0167. The zero-order valence-corrected chi connectivity index (χ0v) is 13.4. The zero-order valence-electron chi connectivity index (χ0n) is 13.4. The summed E-state index contributed by atoms with van der Waals surface area (Å²) in [6.07, 6.45) is 0. The molecule has 0 saturated heterocycles. The van der Waals surface area contributed by atoms with Crippen LogP contribution in [0.2, 0.25) is 0 Å². The van der Waals surface area contributed by atoms with Gasteiger partial charge in [0, 0.05) is 31.9 Å². The molecule has 6 heteroatoms. The maximum atomic E-state index is 11.4. The van der Waals surface area contributed by atoms with E-state index in [9.17, 15) is 14.4 Å². The van der Waals surface area contributed by atoms with Gasteiger partial charge >= 0.3 is 17.9 Å². The average Bonchev–Trinajstić information content (AvgIpc) is 2.36. The van der Waals surface area contributed by atoms with E-state index < -0.39 is 17.9 Å². The molecule has 0 unspecified atom stereocenters. The van der Waals surface area contributed by atoms with Crippen molar-refractivity contribution in [3.8, 4) is 5.75 Å². The summed E-state index contributed by atoms with van der Waals surface area (Å²) in [5.74, 6) is -1.09. The summed E-state index contributed by atoms with van der Waals surface area (Å²) in [6, 6.07) is 1.87. The van der Waals surface area contributed by atoms with Gasteiger partial charge in [0.1, 0.15) is 19.0 Å². The molecular weight excluding hydrogens is 288 g/mol. The molecule has 22 heavy (non-hydrogen) atoms. The first kappa shape index (κ1) is 17.7. The third-order valence-corrected chi connectivity index (χ3v) is 3.02. The minimum atomic E-state index is -0.502. The maximum absolute atomic E-state index is 11.4. The van der Waals surface area contributed by atoms with Crippen LogP contribution in [0.15, 0.2) is 6.07 Å². The number of esters is 3. The van der Waals surface area contributed by atoms with E-state index in [1.165, 1.54) is 20.8 Å². The number of benzene rings is 1. The van der Waals surface area contributed by atoms with E-state index in [4.69, 9.17) is 14.2 Å². The van der Waals surface area contributed by atoms with Crippen molar-refractivity contribution in [1.29, 1.82) is 0 Å².